The van der Waals surface area contributed by atoms with Crippen LogP contribution in [0.25, 0.3) is 5.65 Å². The summed E-state index contributed by atoms with van der Waals surface area (Å²) in [6.07, 6.45) is 5.17. The molecule has 0 atom stereocenters. The molecule has 2 aromatic rings. The van der Waals surface area contributed by atoms with Crippen LogP contribution in [0.2, 0.25) is 5.15 Å². The van der Waals surface area contributed by atoms with Gasteiger partial charge in [-0.1, -0.05) is 11.6 Å². The normalized spacial score (nSPS) is 16.7. The van der Waals surface area contributed by atoms with E-state index >= 15 is 0 Å². The molecule has 1 aliphatic rings. The van der Waals surface area contributed by atoms with Crippen LogP contribution in [-0.4, -0.2) is 34.4 Å². The zero-order chi connectivity index (χ0) is 13.9. The highest BCUT2D eigenvalue weighted by molar-refractivity contribution is 9.10. The highest BCUT2D eigenvalue weighted by Gasteiger charge is 2.14. The lowest BCUT2D eigenvalue weighted by Crippen LogP contribution is -2.19. The van der Waals surface area contributed by atoms with Gasteiger partial charge in [-0.25, -0.2) is 4.98 Å². The minimum absolute atomic E-state index is 0.465. The van der Waals surface area contributed by atoms with E-state index in [0.717, 1.165) is 60.9 Å². The van der Waals surface area contributed by atoms with Crippen molar-refractivity contribution in [3.63, 3.8) is 0 Å². The molecule has 0 aliphatic carbocycles. The predicted octanol–water partition coefficient (Wildman–Crippen LogP) is 3.37. The van der Waals surface area contributed by atoms with Crippen LogP contribution in [-0.2, 0) is 4.74 Å². The maximum absolute atomic E-state index is 6.05. The lowest BCUT2D eigenvalue weighted by atomic mass is 9.97. The van der Waals surface area contributed by atoms with Crippen LogP contribution < -0.4 is 5.32 Å². The second-order valence-corrected chi connectivity index (χ2v) is 6.20. The molecule has 3 heterocycles. The number of ether oxygens (including phenoxy) is 1. The molecule has 2 aromatic heterocycles. The first-order valence-corrected chi connectivity index (χ1v) is 7.92. The number of rotatable bonds is 4. The molecule has 1 N–H and O–H groups in total. The average molecular weight is 360 g/mol. The predicted molar refractivity (Wildman–Crippen MR) is 82.3 cm³/mol. The Labute approximate surface area is 130 Å². The zero-order valence-corrected chi connectivity index (χ0v) is 13.3. The average Bonchev–Trinajstić information content (AvgIpc) is 2.82. The Morgan fingerprint density at radius 3 is 3.05 bits per heavy atom. The van der Waals surface area contributed by atoms with Gasteiger partial charge in [-0.15, -0.1) is 0 Å². The van der Waals surface area contributed by atoms with Crippen molar-refractivity contribution >= 4 is 39.0 Å². The summed E-state index contributed by atoms with van der Waals surface area (Å²) in [7, 11) is 0. The van der Waals surface area contributed by atoms with Crippen LogP contribution in [0.15, 0.2) is 16.7 Å². The monoisotopic (exact) mass is 358 g/mol. The number of anilines is 1. The van der Waals surface area contributed by atoms with E-state index in [0.29, 0.717) is 5.15 Å². The van der Waals surface area contributed by atoms with Crippen molar-refractivity contribution in [2.45, 2.75) is 19.3 Å². The first kappa shape index (κ1) is 14.1. The smallest absolute Gasteiger partial charge is 0.173 e. The van der Waals surface area contributed by atoms with Gasteiger partial charge >= 0.3 is 0 Å². The van der Waals surface area contributed by atoms with Gasteiger partial charge < -0.3 is 10.1 Å². The molecule has 0 saturated carbocycles. The van der Waals surface area contributed by atoms with Crippen LogP contribution in [0, 0.1) is 5.92 Å². The maximum atomic E-state index is 6.05. The van der Waals surface area contributed by atoms with E-state index in [1.807, 2.05) is 0 Å². The number of halogens is 2. The topological polar surface area (TPSA) is 51.5 Å². The highest BCUT2D eigenvalue weighted by atomic mass is 79.9. The third-order valence-corrected chi connectivity index (χ3v) is 4.35. The molecule has 20 heavy (non-hydrogen) atoms. The summed E-state index contributed by atoms with van der Waals surface area (Å²) in [6.45, 7) is 2.68. The molecular formula is C13H16BrClN4O. The molecule has 0 unspecified atom stereocenters. The van der Waals surface area contributed by atoms with E-state index < -0.39 is 0 Å². The minimum Gasteiger partial charge on any atom is -0.381 e. The number of hydrogen-bond donors (Lipinski definition) is 1. The van der Waals surface area contributed by atoms with Gasteiger partial charge in [0.2, 0.25) is 0 Å². The molecule has 0 spiro atoms. The van der Waals surface area contributed by atoms with Gasteiger partial charge in [0.15, 0.2) is 5.65 Å². The Morgan fingerprint density at radius 2 is 2.25 bits per heavy atom. The van der Waals surface area contributed by atoms with E-state index in [1.54, 1.807) is 16.8 Å². The van der Waals surface area contributed by atoms with Crippen molar-refractivity contribution in [1.82, 2.24) is 14.6 Å². The number of aromatic nitrogens is 3. The Kier molecular flexibility index (Phi) is 4.43. The molecular weight excluding hydrogens is 344 g/mol. The molecule has 0 amide bonds. The largest absolute Gasteiger partial charge is 0.381 e. The van der Waals surface area contributed by atoms with Gasteiger partial charge in [0, 0.05) is 25.8 Å². The second-order valence-electron chi connectivity index (χ2n) is 4.96. The van der Waals surface area contributed by atoms with Crippen LogP contribution in [0.5, 0.6) is 0 Å². The summed E-state index contributed by atoms with van der Waals surface area (Å²) in [6, 6.07) is 1.80. The van der Waals surface area contributed by atoms with Gasteiger partial charge in [0.25, 0.3) is 0 Å². The second kappa shape index (κ2) is 6.28. The number of hydrogen-bond acceptors (Lipinski definition) is 4. The van der Waals surface area contributed by atoms with E-state index in [-0.39, 0.29) is 0 Å². The molecule has 1 aliphatic heterocycles. The van der Waals surface area contributed by atoms with Gasteiger partial charge in [-0.3, -0.25) is 0 Å². The fourth-order valence-electron chi connectivity index (χ4n) is 2.47. The Balaban J connectivity index is 1.67. The Hall–Kier alpha value is -0.850. The zero-order valence-electron chi connectivity index (χ0n) is 11.0. The van der Waals surface area contributed by atoms with Crippen molar-refractivity contribution < 1.29 is 4.74 Å². The first-order valence-electron chi connectivity index (χ1n) is 6.75. The molecule has 0 bridgehead atoms. The standard InChI is InChI=1S/C13H16BrClN4O/c14-10-8-17-19-12(7-11(15)18-13(10)19)16-4-1-9-2-5-20-6-3-9/h7-9,16H,1-6H2. The molecule has 1 fully saturated rings. The summed E-state index contributed by atoms with van der Waals surface area (Å²) in [5.41, 5.74) is 0.728. The molecule has 5 nitrogen and oxygen atoms in total. The van der Waals surface area contributed by atoms with Crippen molar-refractivity contribution in [3.05, 3.63) is 21.9 Å². The fraction of sp³-hybridized carbons (Fsp3) is 0.538. The molecule has 1 saturated heterocycles. The van der Waals surface area contributed by atoms with Crippen LogP contribution in [0.4, 0.5) is 5.82 Å². The summed E-state index contributed by atoms with van der Waals surface area (Å²) in [5, 5.41) is 8.16. The maximum Gasteiger partial charge on any atom is 0.173 e. The summed E-state index contributed by atoms with van der Waals surface area (Å²) in [4.78, 5) is 4.26. The SMILES string of the molecule is Clc1cc(NCCC2CCOCC2)n2ncc(Br)c2n1. The van der Waals surface area contributed by atoms with Crippen molar-refractivity contribution in [2.75, 3.05) is 25.1 Å². The quantitative estimate of drug-likeness (QED) is 0.850. The summed E-state index contributed by atoms with van der Waals surface area (Å²) in [5.74, 6) is 1.62. The van der Waals surface area contributed by atoms with Crippen LogP contribution >= 0.6 is 27.5 Å². The minimum atomic E-state index is 0.465. The lowest BCUT2D eigenvalue weighted by molar-refractivity contribution is 0.0649. The molecule has 7 heteroatoms. The highest BCUT2D eigenvalue weighted by Crippen LogP contribution is 2.23. The van der Waals surface area contributed by atoms with E-state index in [9.17, 15) is 0 Å². The summed E-state index contributed by atoms with van der Waals surface area (Å²) >= 11 is 9.47. The van der Waals surface area contributed by atoms with E-state index in [4.69, 9.17) is 16.3 Å². The van der Waals surface area contributed by atoms with E-state index in [2.05, 4.69) is 31.3 Å². The van der Waals surface area contributed by atoms with Crippen molar-refractivity contribution in [3.8, 4) is 0 Å². The Bertz CT molecular complexity index is 597. The van der Waals surface area contributed by atoms with Crippen LogP contribution in [0.1, 0.15) is 19.3 Å². The molecule has 0 aromatic carbocycles. The number of nitrogens with zero attached hydrogens (tertiary/aromatic N) is 3. The van der Waals surface area contributed by atoms with Gasteiger partial charge in [-0.05, 0) is 41.1 Å². The van der Waals surface area contributed by atoms with Gasteiger partial charge in [-0.2, -0.15) is 9.61 Å². The van der Waals surface area contributed by atoms with Crippen molar-refractivity contribution in [2.24, 2.45) is 5.92 Å². The van der Waals surface area contributed by atoms with Crippen LogP contribution in [0.3, 0.4) is 0 Å². The first-order chi connectivity index (χ1) is 9.74. The fourth-order valence-corrected chi connectivity index (χ4v) is 3.00. The lowest BCUT2D eigenvalue weighted by Gasteiger charge is -2.22. The molecule has 3 rings (SSSR count). The third-order valence-electron chi connectivity index (χ3n) is 3.60. The van der Waals surface area contributed by atoms with Gasteiger partial charge in [0.1, 0.15) is 11.0 Å². The summed E-state index contributed by atoms with van der Waals surface area (Å²) < 4.78 is 7.98. The number of nitrogens with one attached hydrogen (secondary N) is 1. The van der Waals surface area contributed by atoms with Gasteiger partial charge in [0.05, 0.1) is 10.7 Å². The molecule has 0 radical (unpaired) electrons. The van der Waals surface area contributed by atoms with Crippen molar-refractivity contribution in [1.29, 1.82) is 0 Å². The number of fused-ring (bicyclic) bond motifs is 1. The molecule has 108 valence electrons. The Morgan fingerprint density at radius 1 is 1.45 bits per heavy atom. The van der Waals surface area contributed by atoms with E-state index in [1.165, 1.54) is 0 Å². The third kappa shape index (κ3) is 3.07.